The Kier molecular flexibility index (Phi) is 2.19. The number of carbonyl (C=O) groups is 1. The Hall–Kier alpha value is -1.84. The van der Waals surface area contributed by atoms with Gasteiger partial charge in [0.2, 0.25) is 0 Å². The first-order chi connectivity index (χ1) is 7.13. The maximum absolute atomic E-state index is 11.4. The molecule has 0 saturated carbocycles. The molecule has 0 aliphatic rings. The highest BCUT2D eigenvalue weighted by Crippen LogP contribution is 2.17. The summed E-state index contributed by atoms with van der Waals surface area (Å²) in [4.78, 5) is 15.7. The third kappa shape index (κ3) is 1.48. The number of ether oxygens (including phenoxy) is 1. The van der Waals surface area contributed by atoms with E-state index >= 15 is 0 Å². The Bertz CT molecular complexity index is 529. The largest absolute Gasteiger partial charge is 0.495 e. The molecule has 0 bridgehead atoms. The number of aromatic nitrogens is 2. The summed E-state index contributed by atoms with van der Waals surface area (Å²) in [7, 11) is 1.60. The fourth-order valence-corrected chi connectivity index (χ4v) is 1.69. The molecule has 0 radical (unpaired) electrons. The Morgan fingerprint density at radius 1 is 1.47 bits per heavy atom. The lowest BCUT2D eigenvalue weighted by atomic mass is 10.2. The number of imidazole rings is 1. The minimum absolute atomic E-state index is 0.00764. The van der Waals surface area contributed by atoms with E-state index in [1.54, 1.807) is 17.7 Å². The summed E-state index contributed by atoms with van der Waals surface area (Å²) < 4.78 is 6.87. The topological polar surface area (TPSA) is 43.6 Å². The van der Waals surface area contributed by atoms with Crippen LogP contribution in [0.4, 0.5) is 0 Å². The summed E-state index contributed by atoms with van der Waals surface area (Å²) in [5.74, 6) is 0.718. The predicted octanol–water partition coefficient (Wildman–Crippen LogP) is 1.85. The van der Waals surface area contributed by atoms with E-state index in [0.717, 1.165) is 11.3 Å². The predicted molar refractivity (Wildman–Crippen MR) is 56.5 cm³/mol. The van der Waals surface area contributed by atoms with Gasteiger partial charge in [-0.2, -0.15) is 0 Å². The van der Waals surface area contributed by atoms with Crippen molar-refractivity contribution < 1.29 is 9.53 Å². The lowest BCUT2D eigenvalue weighted by molar-refractivity contribution is 0.101. The van der Waals surface area contributed by atoms with Crippen molar-refractivity contribution in [1.29, 1.82) is 0 Å². The van der Waals surface area contributed by atoms with Gasteiger partial charge in [0.15, 0.2) is 5.78 Å². The Balaban J connectivity index is 2.77. The molecule has 0 N–H and O–H groups in total. The average molecular weight is 204 g/mol. The number of aryl methyl sites for hydroxylation is 1. The smallest absolute Gasteiger partial charge is 0.178 e. The number of nitrogens with zero attached hydrogens (tertiary/aromatic N) is 2. The van der Waals surface area contributed by atoms with Gasteiger partial charge in [0, 0.05) is 6.92 Å². The molecule has 2 aromatic heterocycles. The van der Waals surface area contributed by atoms with Gasteiger partial charge in [0.05, 0.1) is 19.0 Å². The van der Waals surface area contributed by atoms with Crippen LogP contribution in [0.2, 0.25) is 0 Å². The van der Waals surface area contributed by atoms with Crippen molar-refractivity contribution in [3.05, 3.63) is 29.7 Å². The SMILES string of the molecule is COc1ccc2nc(C)c(C(C)=O)n2c1. The second kappa shape index (κ2) is 3.38. The minimum atomic E-state index is 0.00764. The highest BCUT2D eigenvalue weighted by atomic mass is 16.5. The van der Waals surface area contributed by atoms with Crippen LogP contribution in [0.3, 0.4) is 0 Å². The average Bonchev–Trinajstić information content (AvgIpc) is 2.52. The summed E-state index contributed by atoms with van der Waals surface area (Å²) in [5, 5.41) is 0. The third-order valence-electron chi connectivity index (χ3n) is 2.33. The van der Waals surface area contributed by atoms with Crippen LogP contribution in [0.25, 0.3) is 5.65 Å². The number of Topliss-reactive ketones (excluding diaryl/α,β-unsaturated/α-hetero) is 1. The van der Waals surface area contributed by atoms with E-state index in [0.29, 0.717) is 11.4 Å². The molecule has 0 fully saturated rings. The molecule has 4 nitrogen and oxygen atoms in total. The zero-order valence-electron chi connectivity index (χ0n) is 8.94. The molecule has 2 heterocycles. The van der Waals surface area contributed by atoms with E-state index in [-0.39, 0.29) is 5.78 Å². The van der Waals surface area contributed by atoms with Crippen LogP contribution in [0, 0.1) is 6.92 Å². The highest BCUT2D eigenvalue weighted by Gasteiger charge is 2.12. The molecule has 78 valence electrons. The molecule has 0 atom stereocenters. The molecule has 0 spiro atoms. The van der Waals surface area contributed by atoms with Crippen LogP contribution in [0.15, 0.2) is 18.3 Å². The molecule has 0 aliphatic carbocycles. The summed E-state index contributed by atoms with van der Waals surface area (Å²) in [6, 6.07) is 3.66. The molecule has 15 heavy (non-hydrogen) atoms. The van der Waals surface area contributed by atoms with Gasteiger partial charge in [-0.05, 0) is 19.1 Å². The number of hydrogen-bond donors (Lipinski definition) is 0. The summed E-state index contributed by atoms with van der Waals surface area (Å²) in [6.07, 6.45) is 1.77. The van der Waals surface area contributed by atoms with E-state index in [4.69, 9.17) is 4.74 Å². The van der Waals surface area contributed by atoms with Gasteiger partial charge >= 0.3 is 0 Å². The van der Waals surface area contributed by atoms with Crippen LogP contribution in [0.1, 0.15) is 23.1 Å². The number of carbonyl (C=O) groups excluding carboxylic acids is 1. The van der Waals surface area contributed by atoms with Crippen LogP contribution in [-0.2, 0) is 0 Å². The second-order valence-electron chi connectivity index (χ2n) is 3.40. The van der Waals surface area contributed by atoms with Crippen molar-refractivity contribution in [2.75, 3.05) is 7.11 Å². The van der Waals surface area contributed by atoms with Crippen LogP contribution in [-0.4, -0.2) is 22.3 Å². The van der Waals surface area contributed by atoms with Crippen LogP contribution in [0.5, 0.6) is 5.75 Å². The maximum Gasteiger partial charge on any atom is 0.178 e. The molecule has 0 amide bonds. The van der Waals surface area contributed by atoms with Gasteiger partial charge in [-0.25, -0.2) is 4.98 Å². The number of ketones is 1. The van der Waals surface area contributed by atoms with Gasteiger partial charge in [0.1, 0.15) is 17.1 Å². The summed E-state index contributed by atoms with van der Waals surface area (Å²) >= 11 is 0. The van der Waals surface area contributed by atoms with E-state index in [1.165, 1.54) is 6.92 Å². The van der Waals surface area contributed by atoms with Crippen molar-refractivity contribution in [2.45, 2.75) is 13.8 Å². The second-order valence-corrected chi connectivity index (χ2v) is 3.40. The van der Waals surface area contributed by atoms with Crippen molar-refractivity contribution in [3.63, 3.8) is 0 Å². The molecule has 2 rings (SSSR count). The van der Waals surface area contributed by atoms with E-state index in [9.17, 15) is 4.79 Å². The molecule has 2 aromatic rings. The molecular weight excluding hydrogens is 192 g/mol. The first-order valence-corrected chi connectivity index (χ1v) is 4.67. The molecule has 0 aliphatic heterocycles. The quantitative estimate of drug-likeness (QED) is 0.701. The molecule has 4 heteroatoms. The lowest BCUT2D eigenvalue weighted by Crippen LogP contribution is -2.00. The van der Waals surface area contributed by atoms with Crippen LogP contribution < -0.4 is 4.74 Å². The number of methoxy groups -OCH3 is 1. The molecule has 0 unspecified atom stereocenters. The zero-order chi connectivity index (χ0) is 11.0. The Morgan fingerprint density at radius 3 is 2.80 bits per heavy atom. The highest BCUT2D eigenvalue weighted by molar-refractivity contribution is 5.94. The van der Waals surface area contributed by atoms with Gasteiger partial charge in [0.25, 0.3) is 0 Å². The van der Waals surface area contributed by atoms with Crippen molar-refractivity contribution >= 4 is 11.4 Å². The van der Waals surface area contributed by atoms with Crippen LogP contribution >= 0.6 is 0 Å². The molecule has 0 saturated heterocycles. The van der Waals surface area contributed by atoms with Gasteiger partial charge in [-0.1, -0.05) is 0 Å². The monoisotopic (exact) mass is 204 g/mol. The number of fused-ring (bicyclic) bond motifs is 1. The van der Waals surface area contributed by atoms with Crippen molar-refractivity contribution in [3.8, 4) is 5.75 Å². The summed E-state index contributed by atoms with van der Waals surface area (Å²) in [5.41, 5.74) is 2.12. The third-order valence-corrected chi connectivity index (χ3v) is 2.33. The van der Waals surface area contributed by atoms with E-state index in [2.05, 4.69) is 4.98 Å². The first-order valence-electron chi connectivity index (χ1n) is 4.67. The maximum atomic E-state index is 11.4. The number of hydrogen-bond acceptors (Lipinski definition) is 3. The van der Waals surface area contributed by atoms with Crippen molar-refractivity contribution in [2.24, 2.45) is 0 Å². The Labute approximate surface area is 87.5 Å². The number of pyridine rings is 1. The zero-order valence-corrected chi connectivity index (χ0v) is 8.94. The normalized spacial score (nSPS) is 10.6. The van der Waals surface area contributed by atoms with Gasteiger partial charge < -0.3 is 4.74 Å². The van der Waals surface area contributed by atoms with E-state index in [1.807, 2.05) is 19.1 Å². The fraction of sp³-hybridized carbons (Fsp3) is 0.273. The molecule has 0 aromatic carbocycles. The Morgan fingerprint density at radius 2 is 2.20 bits per heavy atom. The summed E-state index contributed by atoms with van der Waals surface area (Å²) in [6.45, 7) is 3.37. The van der Waals surface area contributed by atoms with Crippen molar-refractivity contribution in [1.82, 2.24) is 9.38 Å². The van der Waals surface area contributed by atoms with E-state index < -0.39 is 0 Å². The lowest BCUT2D eigenvalue weighted by Gasteiger charge is -2.02. The number of rotatable bonds is 2. The first kappa shape index (κ1) is 9.71. The standard InChI is InChI=1S/C11H12N2O2/c1-7-11(8(2)14)13-6-9(15-3)4-5-10(13)12-7/h4-6H,1-3H3. The van der Waals surface area contributed by atoms with Gasteiger partial charge in [-0.3, -0.25) is 9.20 Å². The molecular formula is C11H12N2O2. The minimum Gasteiger partial charge on any atom is -0.495 e. The fourth-order valence-electron chi connectivity index (χ4n) is 1.69. The van der Waals surface area contributed by atoms with Gasteiger partial charge in [-0.15, -0.1) is 0 Å².